The molecule has 0 unspecified atom stereocenters. The molecule has 152 valence electrons. The summed E-state index contributed by atoms with van der Waals surface area (Å²) in [5, 5.41) is 9.79. The van der Waals surface area contributed by atoms with Crippen molar-refractivity contribution in [2.75, 3.05) is 26.0 Å². The maximum atomic E-state index is 12.5. The molecule has 1 aromatic carbocycles. The van der Waals surface area contributed by atoms with Gasteiger partial charge in [-0.25, -0.2) is 4.98 Å². The van der Waals surface area contributed by atoms with Gasteiger partial charge < -0.3 is 20.1 Å². The van der Waals surface area contributed by atoms with Crippen LogP contribution in [0.4, 0.5) is 5.82 Å². The topological polar surface area (TPSA) is 101 Å². The highest BCUT2D eigenvalue weighted by Crippen LogP contribution is 2.39. The van der Waals surface area contributed by atoms with E-state index >= 15 is 0 Å². The van der Waals surface area contributed by atoms with Gasteiger partial charge in [0.25, 0.3) is 0 Å². The van der Waals surface area contributed by atoms with Crippen molar-refractivity contribution in [3.05, 3.63) is 35.0 Å². The van der Waals surface area contributed by atoms with Crippen molar-refractivity contribution in [1.82, 2.24) is 9.88 Å². The van der Waals surface area contributed by atoms with E-state index in [1.807, 2.05) is 36.9 Å². The molecule has 1 aliphatic heterocycles. The number of nitriles is 1. The standard InChI is InChI=1S/C22H26N4O3/c1-4-6-20(27)26-10-9-17-16(13-26)21(15(12-23)22(24)25-17)14-7-8-18(28-3)19(11-14)29-5-2/h7-8,11H,4-6,9-10,13H2,1-3H3,(H2,24,25). The first kappa shape index (κ1) is 20.5. The van der Waals surface area contributed by atoms with Crippen LogP contribution >= 0.6 is 0 Å². The van der Waals surface area contributed by atoms with Crippen LogP contribution in [-0.2, 0) is 17.8 Å². The van der Waals surface area contributed by atoms with Gasteiger partial charge in [-0.3, -0.25) is 4.79 Å². The van der Waals surface area contributed by atoms with E-state index in [0.29, 0.717) is 55.2 Å². The molecule has 2 N–H and O–H groups in total. The molecule has 7 nitrogen and oxygen atoms in total. The summed E-state index contributed by atoms with van der Waals surface area (Å²) in [5.41, 5.74) is 9.66. The molecule has 2 heterocycles. The third-order valence-corrected chi connectivity index (χ3v) is 5.06. The number of nitrogens with two attached hydrogens (primary N) is 1. The van der Waals surface area contributed by atoms with Crippen LogP contribution in [0.25, 0.3) is 11.1 Å². The van der Waals surface area contributed by atoms with Crippen LogP contribution in [0, 0.1) is 11.3 Å². The number of anilines is 1. The molecule has 3 rings (SSSR count). The van der Waals surface area contributed by atoms with E-state index in [1.54, 1.807) is 7.11 Å². The van der Waals surface area contributed by atoms with Gasteiger partial charge in [0.05, 0.1) is 19.4 Å². The number of carbonyl (C=O) groups is 1. The second-order valence-electron chi connectivity index (χ2n) is 6.90. The number of fused-ring (bicyclic) bond motifs is 1. The quantitative estimate of drug-likeness (QED) is 0.807. The average Bonchev–Trinajstić information content (AvgIpc) is 2.72. The number of pyridine rings is 1. The van der Waals surface area contributed by atoms with Gasteiger partial charge in [-0.1, -0.05) is 13.0 Å². The van der Waals surface area contributed by atoms with Crippen LogP contribution in [0.15, 0.2) is 18.2 Å². The van der Waals surface area contributed by atoms with Gasteiger partial charge in [0.1, 0.15) is 17.5 Å². The van der Waals surface area contributed by atoms with E-state index < -0.39 is 0 Å². The lowest BCUT2D eigenvalue weighted by atomic mass is 9.90. The Hall–Kier alpha value is -3.27. The molecule has 0 aliphatic carbocycles. The summed E-state index contributed by atoms with van der Waals surface area (Å²) < 4.78 is 11.1. The summed E-state index contributed by atoms with van der Waals surface area (Å²) in [5.74, 6) is 1.53. The number of hydrogen-bond donors (Lipinski definition) is 1. The lowest BCUT2D eigenvalue weighted by Gasteiger charge is -2.30. The third-order valence-electron chi connectivity index (χ3n) is 5.06. The Morgan fingerprint density at radius 1 is 1.34 bits per heavy atom. The second-order valence-corrected chi connectivity index (χ2v) is 6.90. The van der Waals surface area contributed by atoms with Crippen LogP contribution in [0.2, 0.25) is 0 Å². The maximum absolute atomic E-state index is 12.5. The van der Waals surface area contributed by atoms with Gasteiger partial charge in [0.15, 0.2) is 11.5 Å². The van der Waals surface area contributed by atoms with E-state index in [2.05, 4.69) is 11.1 Å². The fraction of sp³-hybridized carbons (Fsp3) is 0.409. The molecule has 2 aromatic rings. The first-order valence-electron chi connectivity index (χ1n) is 9.84. The Morgan fingerprint density at radius 3 is 2.79 bits per heavy atom. The van der Waals surface area contributed by atoms with Crippen LogP contribution in [0.3, 0.4) is 0 Å². The minimum Gasteiger partial charge on any atom is -0.493 e. The summed E-state index contributed by atoms with van der Waals surface area (Å²) in [7, 11) is 1.59. The molecule has 0 fully saturated rings. The number of benzene rings is 1. The smallest absolute Gasteiger partial charge is 0.222 e. The molecule has 7 heteroatoms. The third kappa shape index (κ3) is 3.97. The first-order valence-corrected chi connectivity index (χ1v) is 9.84. The van der Waals surface area contributed by atoms with Crippen molar-refractivity contribution in [1.29, 1.82) is 5.26 Å². The minimum absolute atomic E-state index is 0.115. The molecule has 1 aromatic heterocycles. The van der Waals surface area contributed by atoms with E-state index in [1.165, 1.54) is 0 Å². The number of amides is 1. The molecular formula is C22H26N4O3. The molecular weight excluding hydrogens is 368 g/mol. The monoisotopic (exact) mass is 394 g/mol. The van der Waals surface area contributed by atoms with Crippen LogP contribution < -0.4 is 15.2 Å². The molecule has 29 heavy (non-hydrogen) atoms. The Kier molecular flexibility index (Phi) is 6.23. The van der Waals surface area contributed by atoms with Crippen molar-refractivity contribution in [2.45, 2.75) is 39.7 Å². The summed E-state index contributed by atoms with van der Waals surface area (Å²) in [6, 6.07) is 7.74. The summed E-state index contributed by atoms with van der Waals surface area (Å²) >= 11 is 0. The lowest BCUT2D eigenvalue weighted by Crippen LogP contribution is -2.36. The Labute approximate surface area is 171 Å². The van der Waals surface area contributed by atoms with Gasteiger partial charge in [-0.15, -0.1) is 0 Å². The van der Waals surface area contributed by atoms with Crippen molar-refractivity contribution in [2.24, 2.45) is 0 Å². The lowest BCUT2D eigenvalue weighted by molar-refractivity contribution is -0.132. The van der Waals surface area contributed by atoms with E-state index in [-0.39, 0.29) is 11.7 Å². The zero-order valence-electron chi connectivity index (χ0n) is 17.1. The van der Waals surface area contributed by atoms with Crippen molar-refractivity contribution < 1.29 is 14.3 Å². The molecule has 1 aliphatic rings. The normalized spacial score (nSPS) is 12.8. The molecule has 1 amide bonds. The predicted octanol–water partition coefficient (Wildman–Crippen LogP) is 3.29. The molecule has 0 spiro atoms. The number of ether oxygens (including phenoxy) is 2. The van der Waals surface area contributed by atoms with Crippen molar-refractivity contribution >= 4 is 11.7 Å². The highest BCUT2D eigenvalue weighted by molar-refractivity contribution is 5.82. The number of carbonyl (C=O) groups excluding carboxylic acids is 1. The van der Waals surface area contributed by atoms with E-state index in [0.717, 1.165) is 23.2 Å². The maximum Gasteiger partial charge on any atom is 0.222 e. The fourth-order valence-electron chi connectivity index (χ4n) is 3.70. The molecule has 0 saturated heterocycles. The summed E-state index contributed by atoms with van der Waals surface area (Å²) in [4.78, 5) is 18.8. The zero-order valence-corrected chi connectivity index (χ0v) is 17.1. The van der Waals surface area contributed by atoms with Gasteiger partial charge in [0, 0.05) is 37.1 Å². The first-order chi connectivity index (χ1) is 14.0. The Bertz CT molecular complexity index is 966. The molecule has 0 bridgehead atoms. The molecule has 0 saturated carbocycles. The van der Waals surface area contributed by atoms with Gasteiger partial charge in [0.2, 0.25) is 5.91 Å². The number of nitrogen functional groups attached to an aromatic ring is 1. The van der Waals surface area contributed by atoms with E-state index in [9.17, 15) is 10.1 Å². The number of methoxy groups -OCH3 is 1. The zero-order chi connectivity index (χ0) is 21.0. The number of rotatable bonds is 6. The van der Waals surface area contributed by atoms with Crippen LogP contribution in [0.1, 0.15) is 43.5 Å². The number of hydrogen-bond acceptors (Lipinski definition) is 6. The van der Waals surface area contributed by atoms with E-state index in [4.69, 9.17) is 15.2 Å². The van der Waals surface area contributed by atoms with Crippen molar-refractivity contribution in [3.63, 3.8) is 0 Å². The molecule has 0 atom stereocenters. The molecule has 0 radical (unpaired) electrons. The highest BCUT2D eigenvalue weighted by atomic mass is 16.5. The van der Waals surface area contributed by atoms with Crippen LogP contribution in [-0.4, -0.2) is 36.1 Å². The highest BCUT2D eigenvalue weighted by Gasteiger charge is 2.27. The Balaban J connectivity index is 2.16. The van der Waals surface area contributed by atoms with Gasteiger partial charge >= 0.3 is 0 Å². The SMILES string of the molecule is CCCC(=O)N1CCc2nc(N)c(C#N)c(-c3ccc(OC)c(OCC)c3)c2C1. The second kappa shape index (κ2) is 8.82. The number of nitrogens with zero attached hydrogens (tertiary/aromatic N) is 3. The minimum atomic E-state index is 0.115. The fourth-order valence-corrected chi connectivity index (χ4v) is 3.70. The predicted molar refractivity (Wildman–Crippen MR) is 111 cm³/mol. The van der Waals surface area contributed by atoms with Crippen molar-refractivity contribution in [3.8, 4) is 28.7 Å². The summed E-state index contributed by atoms with van der Waals surface area (Å²) in [6.07, 6.45) is 1.92. The van der Waals surface area contributed by atoms with Gasteiger partial charge in [-0.2, -0.15) is 5.26 Å². The van der Waals surface area contributed by atoms with Gasteiger partial charge in [-0.05, 0) is 31.0 Å². The number of aromatic nitrogens is 1. The average molecular weight is 394 g/mol. The van der Waals surface area contributed by atoms with Crippen LogP contribution in [0.5, 0.6) is 11.5 Å². The largest absolute Gasteiger partial charge is 0.493 e. The Morgan fingerprint density at radius 2 is 2.14 bits per heavy atom. The summed E-state index contributed by atoms with van der Waals surface area (Å²) in [6.45, 7) is 5.40.